The maximum Gasteiger partial charge on any atom is 0.165 e. The number of benzene rings is 1. The minimum Gasteiger partial charge on any atom is -0.504 e. The van der Waals surface area contributed by atoms with Crippen LogP contribution in [0.25, 0.3) is 0 Å². The van der Waals surface area contributed by atoms with Gasteiger partial charge in [-0.05, 0) is 25.1 Å². The normalized spacial score (nSPS) is 12.2. The Kier molecular flexibility index (Phi) is 3.68. The fraction of sp³-hybridized carbons (Fsp3) is 0.364. The van der Waals surface area contributed by atoms with Gasteiger partial charge in [-0.2, -0.15) is 0 Å². The molecule has 0 saturated heterocycles. The summed E-state index contributed by atoms with van der Waals surface area (Å²) in [7, 11) is 1.41. The number of aromatic hydroxyl groups is 1. The topological polar surface area (TPSA) is 66.8 Å². The van der Waals surface area contributed by atoms with Gasteiger partial charge in [-0.15, -0.1) is 0 Å². The lowest BCUT2D eigenvalue weighted by Gasteiger charge is -2.07. The van der Waals surface area contributed by atoms with Crippen molar-refractivity contribution < 1.29 is 19.7 Å². The summed E-state index contributed by atoms with van der Waals surface area (Å²) in [5.74, 6) is 0.0702. The van der Waals surface area contributed by atoms with Gasteiger partial charge in [0.05, 0.1) is 13.2 Å². The molecule has 1 atom stereocenters. The molecule has 0 aliphatic heterocycles. The van der Waals surface area contributed by atoms with Gasteiger partial charge >= 0.3 is 0 Å². The molecule has 0 heterocycles. The number of carbonyl (C=O) groups is 1. The van der Waals surface area contributed by atoms with Crippen LogP contribution in [0.1, 0.15) is 23.7 Å². The van der Waals surface area contributed by atoms with Gasteiger partial charge in [0.1, 0.15) is 0 Å². The average molecular weight is 210 g/mol. The number of rotatable bonds is 4. The second-order valence-corrected chi connectivity index (χ2v) is 3.36. The zero-order valence-corrected chi connectivity index (χ0v) is 8.73. The van der Waals surface area contributed by atoms with Crippen LogP contribution in [-0.4, -0.2) is 29.2 Å². The molecule has 2 N–H and O–H groups in total. The van der Waals surface area contributed by atoms with Crippen LogP contribution in [0.2, 0.25) is 0 Å². The molecule has 4 heteroatoms. The lowest BCUT2D eigenvalue weighted by molar-refractivity contribution is 0.0901. The number of phenolic OH excluding ortho intramolecular Hbond substituents is 1. The first-order chi connectivity index (χ1) is 7.04. The molecule has 0 radical (unpaired) electrons. The van der Waals surface area contributed by atoms with Crippen LogP contribution in [0.3, 0.4) is 0 Å². The highest BCUT2D eigenvalue weighted by Gasteiger charge is 2.11. The van der Waals surface area contributed by atoms with Crippen molar-refractivity contribution >= 4 is 5.78 Å². The molecule has 82 valence electrons. The molecule has 1 aromatic rings. The van der Waals surface area contributed by atoms with Crippen molar-refractivity contribution in [2.75, 3.05) is 7.11 Å². The lowest BCUT2D eigenvalue weighted by atomic mass is 10.1. The highest BCUT2D eigenvalue weighted by Crippen LogP contribution is 2.26. The number of methoxy groups -OCH3 is 1. The van der Waals surface area contributed by atoms with Gasteiger partial charge in [0, 0.05) is 12.0 Å². The molecular formula is C11H14O4. The fourth-order valence-electron chi connectivity index (χ4n) is 1.24. The van der Waals surface area contributed by atoms with Gasteiger partial charge in [-0.3, -0.25) is 4.79 Å². The van der Waals surface area contributed by atoms with Crippen molar-refractivity contribution in [3.8, 4) is 11.5 Å². The molecule has 4 nitrogen and oxygen atoms in total. The monoisotopic (exact) mass is 210 g/mol. The molecule has 0 aliphatic carbocycles. The van der Waals surface area contributed by atoms with Crippen LogP contribution in [0.4, 0.5) is 0 Å². The summed E-state index contributed by atoms with van der Waals surface area (Å²) < 4.78 is 4.88. The molecule has 1 aromatic carbocycles. The number of Topliss-reactive ketones (excluding diaryl/α,β-unsaturated/α-hetero) is 1. The second kappa shape index (κ2) is 4.79. The standard InChI is InChI=1S/C11H14O4/c1-7(12)5-10(14)8-3-4-9(13)11(6-8)15-2/h3-4,6-7,12-13H,5H2,1-2H3. The molecule has 0 fully saturated rings. The van der Waals surface area contributed by atoms with Crippen molar-refractivity contribution in [2.24, 2.45) is 0 Å². The molecule has 0 aromatic heterocycles. The van der Waals surface area contributed by atoms with Crippen LogP contribution in [0.5, 0.6) is 11.5 Å². The molecular weight excluding hydrogens is 196 g/mol. The summed E-state index contributed by atoms with van der Waals surface area (Å²) in [6.07, 6.45) is -0.606. The third-order valence-corrected chi connectivity index (χ3v) is 1.98. The molecule has 1 rings (SSSR count). The van der Waals surface area contributed by atoms with Crippen molar-refractivity contribution in [2.45, 2.75) is 19.4 Å². The SMILES string of the molecule is COc1cc(C(=O)CC(C)O)ccc1O. The quantitative estimate of drug-likeness (QED) is 0.736. The van der Waals surface area contributed by atoms with E-state index in [4.69, 9.17) is 9.84 Å². The van der Waals surface area contributed by atoms with E-state index in [1.165, 1.54) is 25.3 Å². The van der Waals surface area contributed by atoms with Gasteiger partial charge in [0.25, 0.3) is 0 Å². The number of phenols is 1. The van der Waals surface area contributed by atoms with E-state index in [1.807, 2.05) is 0 Å². The molecule has 0 bridgehead atoms. The summed E-state index contributed by atoms with van der Waals surface area (Å²) in [5.41, 5.74) is 0.422. The average Bonchev–Trinajstić information content (AvgIpc) is 2.17. The third kappa shape index (κ3) is 2.95. The Hall–Kier alpha value is -1.55. The van der Waals surface area contributed by atoms with Crippen LogP contribution >= 0.6 is 0 Å². The van der Waals surface area contributed by atoms with E-state index in [-0.39, 0.29) is 23.7 Å². The van der Waals surface area contributed by atoms with E-state index in [0.29, 0.717) is 5.56 Å². The first-order valence-electron chi connectivity index (χ1n) is 4.63. The van der Waals surface area contributed by atoms with Gasteiger partial charge in [-0.1, -0.05) is 0 Å². The summed E-state index contributed by atoms with van der Waals surface area (Å²) in [6, 6.07) is 4.36. The van der Waals surface area contributed by atoms with Crippen molar-refractivity contribution in [1.29, 1.82) is 0 Å². The van der Waals surface area contributed by atoms with E-state index in [0.717, 1.165) is 0 Å². The molecule has 0 spiro atoms. The first kappa shape index (κ1) is 11.5. The molecule has 0 amide bonds. The zero-order valence-electron chi connectivity index (χ0n) is 8.73. The number of aliphatic hydroxyl groups is 1. The summed E-state index contributed by atoms with van der Waals surface area (Å²) in [4.78, 5) is 11.5. The Morgan fingerprint density at radius 2 is 2.20 bits per heavy atom. The maximum atomic E-state index is 11.5. The lowest BCUT2D eigenvalue weighted by Crippen LogP contribution is -2.09. The number of ketones is 1. The molecule has 0 aliphatic rings. The van der Waals surface area contributed by atoms with E-state index in [1.54, 1.807) is 6.92 Å². The molecule has 15 heavy (non-hydrogen) atoms. The van der Waals surface area contributed by atoms with Gasteiger partial charge in [0.2, 0.25) is 0 Å². The van der Waals surface area contributed by atoms with Crippen LogP contribution < -0.4 is 4.74 Å². The molecule has 0 saturated carbocycles. The molecule has 1 unspecified atom stereocenters. The van der Waals surface area contributed by atoms with Crippen LogP contribution in [0.15, 0.2) is 18.2 Å². The highest BCUT2D eigenvalue weighted by molar-refractivity contribution is 5.96. The smallest absolute Gasteiger partial charge is 0.165 e. The predicted molar refractivity (Wildman–Crippen MR) is 55.3 cm³/mol. The van der Waals surface area contributed by atoms with E-state index < -0.39 is 6.10 Å². The van der Waals surface area contributed by atoms with Crippen molar-refractivity contribution in [3.63, 3.8) is 0 Å². The minimum absolute atomic E-state index is 0.00824. The van der Waals surface area contributed by atoms with Gasteiger partial charge < -0.3 is 14.9 Å². The van der Waals surface area contributed by atoms with E-state index >= 15 is 0 Å². The maximum absolute atomic E-state index is 11.5. The Morgan fingerprint density at radius 3 is 2.73 bits per heavy atom. The number of hydrogen-bond donors (Lipinski definition) is 2. The van der Waals surface area contributed by atoms with Crippen molar-refractivity contribution in [3.05, 3.63) is 23.8 Å². The number of hydrogen-bond acceptors (Lipinski definition) is 4. The van der Waals surface area contributed by atoms with Crippen molar-refractivity contribution in [1.82, 2.24) is 0 Å². The van der Waals surface area contributed by atoms with E-state index in [2.05, 4.69) is 0 Å². The van der Waals surface area contributed by atoms with Crippen LogP contribution in [0, 0.1) is 0 Å². The van der Waals surface area contributed by atoms with E-state index in [9.17, 15) is 9.90 Å². The van der Waals surface area contributed by atoms with Gasteiger partial charge in [0.15, 0.2) is 17.3 Å². The summed E-state index contributed by atoms with van der Waals surface area (Å²) in [5, 5.41) is 18.4. The summed E-state index contributed by atoms with van der Waals surface area (Å²) in [6.45, 7) is 1.55. The highest BCUT2D eigenvalue weighted by atomic mass is 16.5. The van der Waals surface area contributed by atoms with Gasteiger partial charge in [-0.25, -0.2) is 0 Å². The Morgan fingerprint density at radius 1 is 1.53 bits per heavy atom. The fourth-order valence-corrected chi connectivity index (χ4v) is 1.24. The largest absolute Gasteiger partial charge is 0.504 e. The zero-order chi connectivity index (χ0) is 11.4. The number of carbonyl (C=O) groups excluding carboxylic acids is 1. The summed E-state index contributed by atoms with van der Waals surface area (Å²) >= 11 is 0. The number of ether oxygens (including phenoxy) is 1. The second-order valence-electron chi connectivity index (χ2n) is 3.36. The Labute approximate surface area is 88.1 Å². The minimum atomic E-state index is -0.669. The Balaban J connectivity index is 2.91. The third-order valence-electron chi connectivity index (χ3n) is 1.98. The first-order valence-corrected chi connectivity index (χ1v) is 4.63. The Bertz CT molecular complexity index is 358. The number of aliphatic hydroxyl groups excluding tert-OH is 1. The van der Waals surface area contributed by atoms with Crippen LogP contribution in [-0.2, 0) is 0 Å². The predicted octanol–water partition coefficient (Wildman–Crippen LogP) is 1.35.